The summed E-state index contributed by atoms with van der Waals surface area (Å²) >= 11 is 5.82. The molecule has 1 aliphatic heterocycles. The average molecular weight is 422 g/mol. The van der Waals surface area contributed by atoms with Crippen LogP contribution in [0.5, 0.6) is 5.88 Å². The predicted molar refractivity (Wildman–Crippen MR) is 104 cm³/mol. The molecule has 1 fully saturated rings. The molecule has 0 saturated carbocycles. The number of halogens is 4. The van der Waals surface area contributed by atoms with Crippen molar-refractivity contribution >= 4 is 17.6 Å². The van der Waals surface area contributed by atoms with Gasteiger partial charge in [0.15, 0.2) is 5.96 Å². The molecule has 10 heteroatoms. The van der Waals surface area contributed by atoms with Crippen LogP contribution >= 0.6 is 11.6 Å². The first-order chi connectivity index (χ1) is 13.3. The molecule has 1 aromatic rings. The molecule has 1 aromatic heterocycles. The van der Waals surface area contributed by atoms with Crippen LogP contribution in [0.2, 0.25) is 5.02 Å². The highest BCUT2D eigenvalue weighted by Gasteiger charge is 2.31. The van der Waals surface area contributed by atoms with Crippen LogP contribution in [0.25, 0.3) is 0 Å². The summed E-state index contributed by atoms with van der Waals surface area (Å²) in [4.78, 5) is 10.3. The predicted octanol–water partition coefficient (Wildman–Crippen LogP) is 3.17. The lowest BCUT2D eigenvalue weighted by Gasteiger charge is -2.32. The van der Waals surface area contributed by atoms with Crippen molar-refractivity contribution in [1.82, 2.24) is 20.5 Å². The number of ether oxygens (including phenoxy) is 1. The molecule has 0 aliphatic carbocycles. The fourth-order valence-electron chi connectivity index (χ4n) is 3.01. The average Bonchev–Trinajstić information content (AvgIpc) is 2.66. The van der Waals surface area contributed by atoms with E-state index in [2.05, 4.69) is 32.4 Å². The zero-order chi connectivity index (χ0) is 20.6. The smallest absolute Gasteiger partial charge is 0.417 e. The molecule has 0 radical (unpaired) electrons. The van der Waals surface area contributed by atoms with E-state index < -0.39 is 11.7 Å². The highest BCUT2D eigenvalue weighted by atomic mass is 35.5. The van der Waals surface area contributed by atoms with E-state index in [0.29, 0.717) is 24.7 Å². The summed E-state index contributed by atoms with van der Waals surface area (Å²) in [7, 11) is 1.69. The van der Waals surface area contributed by atoms with Crippen molar-refractivity contribution in [2.45, 2.75) is 38.4 Å². The number of rotatable bonds is 7. The summed E-state index contributed by atoms with van der Waals surface area (Å²) in [6.45, 7) is 6.07. The van der Waals surface area contributed by atoms with Gasteiger partial charge in [0, 0.05) is 32.4 Å². The van der Waals surface area contributed by atoms with Gasteiger partial charge >= 0.3 is 6.18 Å². The van der Waals surface area contributed by atoms with E-state index in [9.17, 15) is 13.2 Å². The third-order valence-corrected chi connectivity index (χ3v) is 4.73. The Morgan fingerprint density at radius 1 is 1.39 bits per heavy atom. The van der Waals surface area contributed by atoms with E-state index in [1.807, 2.05) is 0 Å². The number of likely N-dealkylation sites (tertiary alicyclic amines) is 1. The molecule has 1 aliphatic rings. The molecular weight excluding hydrogens is 395 g/mol. The van der Waals surface area contributed by atoms with E-state index in [-0.39, 0.29) is 17.5 Å². The Bertz CT molecular complexity index is 649. The Kier molecular flexibility index (Phi) is 8.62. The fraction of sp³-hybridized carbons (Fsp3) is 0.667. The molecule has 0 spiro atoms. The molecule has 1 saturated heterocycles. The van der Waals surface area contributed by atoms with Gasteiger partial charge in [0.1, 0.15) is 11.6 Å². The van der Waals surface area contributed by atoms with Crippen molar-refractivity contribution in [3.63, 3.8) is 0 Å². The van der Waals surface area contributed by atoms with Gasteiger partial charge in [0.2, 0.25) is 5.88 Å². The lowest BCUT2D eigenvalue weighted by molar-refractivity contribution is -0.137. The van der Waals surface area contributed by atoms with Crippen molar-refractivity contribution < 1.29 is 17.9 Å². The van der Waals surface area contributed by atoms with Crippen LogP contribution in [0.1, 0.15) is 31.7 Å². The third-order valence-electron chi connectivity index (χ3n) is 4.46. The SMILES string of the molecule is CCCN1CCC(NC(=NC)NCCOc2ncc(C(F)(F)F)cc2Cl)CC1. The third kappa shape index (κ3) is 7.01. The Morgan fingerprint density at radius 3 is 2.68 bits per heavy atom. The first-order valence-electron chi connectivity index (χ1n) is 9.38. The molecule has 2 heterocycles. The van der Waals surface area contributed by atoms with Crippen LogP contribution in [0, 0.1) is 0 Å². The number of nitrogens with one attached hydrogen (secondary N) is 2. The number of pyridine rings is 1. The van der Waals surface area contributed by atoms with Crippen molar-refractivity contribution in [3.8, 4) is 5.88 Å². The number of piperidine rings is 1. The maximum Gasteiger partial charge on any atom is 0.417 e. The van der Waals surface area contributed by atoms with Crippen LogP contribution in [-0.4, -0.2) is 61.7 Å². The maximum absolute atomic E-state index is 12.6. The largest absolute Gasteiger partial charge is 0.475 e. The fourth-order valence-corrected chi connectivity index (χ4v) is 3.23. The minimum absolute atomic E-state index is 0.0253. The van der Waals surface area contributed by atoms with Gasteiger partial charge in [0.25, 0.3) is 0 Å². The molecule has 158 valence electrons. The van der Waals surface area contributed by atoms with Gasteiger partial charge in [-0.05, 0) is 31.9 Å². The highest BCUT2D eigenvalue weighted by Crippen LogP contribution is 2.32. The quantitative estimate of drug-likeness (QED) is 0.402. The summed E-state index contributed by atoms with van der Waals surface area (Å²) in [5, 5.41) is 6.35. The molecule has 0 bridgehead atoms. The number of alkyl halides is 3. The summed E-state index contributed by atoms with van der Waals surface area (Å²) in [5.41, 5.74) is -0.905. The van der Waals surface area contributed by atoms with Gasteiger partial charge in [-0.3, -0.25) is 4.99 Å². The first-order valence-corrected chi connectivity index (χ1v) is 9.76. The standard InChI is InChI=1S/C18H27ClF3N5O/c1-3-7-27-8-4-14(5-9-27)26-17(23-2)24-6-10-28-16-15(19)11-13(12-25-16)18(20,21)22/h11-12,14H,3-10H2,1-2H3,(H2,23,24,26). The molecule has 0 atom stereocenters. The Hall–Kier alpha value is -1.74. The molecule has 2 N–H and O–H groups in total. The van der Waals surface area contributed by atoms with E-state index in [4.69, 9.17) is 16.3 Å². The number of nitrogens with zero attached hydrogens (tertiary/aromatic N) is 3. The molecule has 0 amide bonds. The van der Waals surface area contributed by atoms with Crippen LogP contribution in [0.3, 0.4) is 0 Å². The van der Waals surface area contributed by atoms with E-state index in [1.165, 1.54) is 6.42 Å². The summed E-state index contributed by atoms with van der Waals surface area (Å²) in [6, 6.07) is 1.18. The van der Waals surface area contributed by atoms with Crippen LogP contribution < -0.4 is 15.4 Å². The zero-order valence-electron chi connectivity index (χ0n) is 16.2. The second-order valence-electron chi connectivity index (χ2n) is 6.62. The molecule has 0 unspecified atom stereocenters. The Morgan fingerprint density at radius 2 is 2.11 bits per heavy atom. The first kappa shape index (κ1) is 22.5. The van der Waals surface area contributed by atoms with Gasteiger partial charge in [-0.25, -0.2) is 4.98 Å². The van der Waals surface area contributed by atoms with Gasteiger partial charge in [-0.15, -0.1) is 0 Å². The summed E-state index contributed by atoms with van der Waals surface area (Å²) < 4.78 is 43.2. The topological polar surface area (TPSA) is 61.8 Å². The summed E-state index contributed by atoms with van der Waals surface area (Å²) in [5.74, 6) is 0.645. The van der Waals surface area contributed by atoms with Gasteiger partial charge < -0.3 is 20.3 Å². The van der Waals surface area contributed by atoms with Crippen LogP contribution in [-0.2, 0) is 6.18 Å². The van der Waals surface area contributed by atoms with E-state index in [1.54, 1.807) is 7.05 Å². The molecule has 0 aromatic carbocycles. The minimum Gasteiger partial charge on any atom is -0.475 e. The number of aromatic nitrogens is 1. The molecule has 2 rings (SSSR count). The van der Waals surface area contributed by atoms with Crippen LogP contribution in [0.15, 0.2) is 17.3 Å². The van der Waals surface area contributed by atoms with Crippen LogP contribution in [0.4, 0.5) is 13.2 Å². The second-order valence-corrected chi connectivity index (χ2v) is 7.02. The van der Waals surface area contributed by atoms with Crippen molar-refractivity contribution in [2.75, 3.05) is 39.8 Å². The maximum atomic E-state index is 12.6. The Labute approximate surface area is 168 Å². The minimum atomic E-state index is -4.48. The number of hydrogen-bond donors (Lipinski definition) is 2. The number of guanidine groups is 1. The van der Waals surface area contributed by atoms with Crippen molar-refractivity contribution in [3.05, 3.63) is 22.8 Å². The van der Waals surface area contributed by atoms with E-state index in [0.717, 1.165) is 38.5 Å². The zero-order valence-corrected chi connectivity index (χ0v) is 16.9. The lowest BCUT2D eigenvalue weighted by Crippen LogP contribution is -2.49. The van der Waals surface area contributed by atoms with E-state index >= 15 is 0 Å². The molecule has 28 heavy (non-hydrogen) atoms. The second kappa shape index (κ2) is 10.7. The van der Waals surface area contributed by atoms with Gasteiger partial charge in [-0.1, -0.05) is 18.5 Å². The van der Waals surface area contributed by atoms with Crippen molar-refractivity contribution in [1.29, 1.82) is 0 Å². The highest BCUT2D eigenvalue weighted by molar-refractivity contribution is 6.31. The van der Waals surface area contributed by atoms with Gasteiger partial charge in [-0.2, -0.15) is 13.2 Å². The Balaban J connectivity index is 1.72. The summed E-state index contributed by atoms with van der Waals surface area (Å²) in [6.07, 6.45) is -0.495. The number of hydrogen-bond acceptors (Lipinski definition) is 4. The van der Waals surface area contributed by atoms with Gasteiger partial charge in [0.05, 0.1) is 12.1 Å². The number of aliphatic imine (C=N–C) groups is 1. The molecule has 6 nitrogen and oxygen atoms in total. The molecular formula is C18H27ClF3N5O. The monoisotopic (exact) mass is 421 g/mol. The van der Waals surface area contributed by atoms with Crippen molar-refractivity contribution in [2.24, 2.45) is 4.99 Å². The normalized spacial score (nSPS) is 16.9. The lowest BCUT2D eigenvalue weighted by atomic mass is 10.1.